The van der Waals surface area contributed by atoms with Crippen molar-refractivity contribution in [3.05, 3.63) is 20.9 Å². The smallest absolute Gasteiger partial charge is 0.286 e. The first-order valence-electron chi connectivity index (χ1n) is 5.69. The van der Waals surface area contributed by atoms with Gasteiger partial charge < -0.3 is 0 Å². The number of azide groups is 1. The van der Waals surface area contributed by atoms with Gasteiger partial charge in [0.1, 0.15) is 0 Å². The third-order valence-electron chi connectivity index (χ3n) is 2.52. The van der Waals surface area contributed by atoms with Gasteiger partial charge in [-0.05, 0) is 31.8 Å². The summed E-state index contributed by atoms with van der Waals surface area (Å²) in [7, 11) is -4.40. The van der Waals surface area contributed by atoms with Gasteiger partial charge in [0, 0.05) is 15.2 Å². The van der Waals surface area contributed by atoms with Gasteiger partial charge in [0.05, 0.1) is 4.75 Å². The topological polar surface area (TPSA) is 149 Å². The summed E-state index contributed by atoms with van der Waals surface area (Å²) in [6.45, 7) is 8.32. The first-order chi connectivity index (χ1) is 8.78. The first kappa shape index (κ1) is 18.2. The molecule has 0 saturated carbocycles. The number of carbonyl (C=O) groups is 1. The Morgan fingerprint density at radius 1 is 0.950 bits per heavy atom. The lowest BCUT2D eigenvalue weighted by Crippen LogP contribution is -2.53. The average Bonchev–Trinajstić information content (AvgIpc) is 2.24. The molecule has 0 fully saturated rings. The van der Waals surface area contributed by atoms with Crippen LogP contribution in [0.2, 0.25) is 0 Å². The lowest BCUT2D eigenvalue weighted by atomic mass is 9.89. The third kappa shape index (κ3) is 2.87. The number of carbonyl (C=O) groups excluding carboxylic acids is 1. The fourth-order valence-corrected chi connectivity index (χ4v) is 3.07. The summed E-state index contributed by atoms with van der Waals surface area (Å²) < 4.78 is 23.7. The largest absolute Gasteiger partial charge is 0.297 e. The van der Waals surface area contributed by atoms with Crippen molar-refractivity contribution in [2.75, 3.05) is 0 Å². The zero-order chi connectivity index (χ0) is 16.4. The number of rotatable bonds is 4. The normalized spacial score (nSPS) is 15.5. The van der Waals surface area contributed by atoms with Gasteiger partial charge in [-0.1, -0.05) is 31.0 Å². The molecule has 0 N–H and O–H groups in total. The molecule has 20 heavy (non-hydrogen) atoms. The van der Waals surface area contributed by atoms with Crippen LogP contribution in [0.5, 0.6) is 0 Å². The highest BCUT2D eigenvalue weighted by molar-refractivity contribution is 7.94. The lowest BCUT2D eigenvalue weighted by molar-refractivity contribution is -0.128. The quantitative estimate of drug-likeness (QED) is 0.446. The summed E-state index contributed by atoms with van der Waals surface area (Å²) in [5.41, 5.74) is 16.1. The van der Waals surface area contributed by atoms with Gasteiger partial charge in [-0.2, -0.15) is 0 Å². The lowest BCUT2D eigenvalue weighted by Gasteiger charge is -2.34. The molecule has 0 aromatic carbocycles. The van der Waals surface area contributed by atoms with Crippen LogP contribution in [0.3, 0.4) is 0 Å². The summed E-state index contributed by atoms with van der Waals surface area (Å²) in [6.07, 6.45) is 0. The molecule has 0 unspecified atom stereocenters. The van der Waals surface area contributed by atoms with Crippen LogP contribution in [-0.4, -0.2) is 23.9 Å². The van der Waals surface area contributed by atoms with Crippen LogP contribution in [0.15, 0.2) is 10.2 Å². The molecule has 112 valence electrons. The predicted molar refractivity (Wildman–Crippen MR) is 74.2 cm³/mol. The number of hydrogen-bond donors (Lipinski definition) is 0. The Bertz CT molecular complexity index is 580. The maximum atomic E-state index is 12.6. The molecule has 0 aliphatic heterocycles. The Hall–Kier alpha value is -1.76. The van der Waals surface area contributed by atoms with Gasteiger partial charge >= 0.3 is 0 Å². The van der Waals surface area contributed by atoms with Gasteiger partial charge in [0.2, 0.25) is 0 Å². The molecule has 9 nitrogen and oxygen atoms in total. The molecule has 0 bridgehead atoms. The Morgan fingerprint density at radius 2 is 1.30 bits per heavy atom. The minimum atomic E-state index is -4.40. The molecule has 0 spiro atoms. The minimum absolute atomic E-state index is 0.976. The minimum Gasteiger partial charge on any atom is -0.297 e. The van der Waals surface area contributed by atoms with Crippen molar-refractivity contribution >= 4 is 15.6 Å². The Morgan fingerprint density at radius 3 is 1.50 bits per heavy atom. The molecule has 10 heteroatoms. The van der Waals surface area contributed by atoms with Gasteiger partial charge in [-0.15, -0.1) is 0 Å². The summed E-state index contributed by atoms with van der Waals surface area (Å²) >= 11 is 0. The van der Waals surface area contributed by atoms with E-state index in [9.17, 15) is 13.2 Å². The van der Waals surface area contributed by atoms with E-state index in [2.05, 4.69) is 20.1 Å². The van der Waals surface area contributed by atoms with E-state index in [-0.39, 0.29) is 0 Å². The van der Waals surface area contributed by atoms with Crippen LogP contribution >= 0.6 is 0 Å². The summed E-state index contributed by atoms with van der Waals surface area (Å²) in [6, 6.07) is 0. The van der Waals surface area contributed by atoms with Crippen LogP contribution in [0.4, 0.5) is 0 Å². The van der Waals surface area contributed by atoms with Gasteiger partial charge in [0.25, 0.3) is 4.99 Å². The number of nitrogens with zero attached hydrogens (tertiary/aromatic N) is 6. The van der Waals surface area contributed by atoms with Crippen LogP contribution in [0.25, 0.3) is 20.9 Å². The molecule has 0 amide bonds. The van der Waals surface area contributed by atoms with E-state index in [1.165, 1.54) is 41.5 Å². The fourth-order valence-electron chi connectivity index (χ4n) is 1.38. The van der Waals surface area contributed by atoms with E-state index >= 15 is 0 Å². The van der Waals surface area contributed by atoms with Gasteiger partial charge in [0.15, 0.2) is 15.6 Å². The number of ketones is 1. The van der Waals surface area contributed by atoms with Crippen molar-refractivity contribution in [2.45, 2.75) is 51.3 Å². The van der Waals surface area contributed by atoms with Gasteiger partial charge in [-0.25, -0.2) is 8.42 Å². The van der Waals surface area contributed by atoms with Crippen LogP contribution < -0.4 is 0 Å². The second-order valence-electron chi connectivity index (χ2n) is 6.18. The fraction of sp³-hybridized carbons (Fsp3) is 0.900. The monoisotopic (exact) mass is 302 g/mol. The van der Waals surface area contributed by atoms with E-state index in [0.717, 1.165) is 0 Å². The van der Waals surface area contributed by atoms with Crippen molar-refractivity contribution < 1.29 is 13.2 Å². The molecule has 0 heterocycles. The Balaban J connectivity index is 6.77. The highest BCUT2D eigenvalue weighted by Gasteiger charge is 2.57. The summed E-state index contributed by atoms with van der Waals surface area (Å²) in [5.74, 6) is -0.976. The van der Waals surface area contributed by atoms with Crippen LogP contribution in [-0.2, 0) is 14.6 Å². The van der Waals surface area contributed by atoms with E-state index in [1.54, 1.807) is 0 Å². The maximum absolute atomic E-state index is 12.6. The molecule has 0 aliphatic carbocycles. The number of hydrogen-bond acceptors (Lipinski definition) is 5. The van der Waals surface area contributed by atoms with Crippen molar-refractivity contribution in [3.63, 3.8) is 0 Å². The molecular weight excluding hydrogens is 284 g/mol. The molecule has 0 aromatic rings. The molecule has 0 saturated heterocycles. The van der Waals surface area contributed by atoms with E-state index < -0.39 is 30.8 Å². The van der Waals surface area contributed by atoms with Crippen molar-refractivity contribution in [3.8, 4) is 0 Å². The van der Waals surface area contributed by atoms with Crippen molar-refractivity contribution in [1.82, 2.24) is 0 Å². The van der Waals surface area contributed by atoms with E-state index in [0.29, 0.717) is 0 Å². The van der Waals surface area contributed by atoms with Crippen molar-refractivity contribution in [1.29, 1.82) is 0 Å². The second kappa shape index (κ2) is 5.32. The molecule has 0 radical (unpaired) electrons. The SMILES string of the molecule is CC(C)(C)C(=O)C(N=[N+]=[N-])(N=[N+]=[N-])S(=O)(=O)C(C)(C)C. The van der Waals surface area contributed by atoms with Gasteiger partial charge in [-0.3, -0.25) is 4.79 Å². The van der Waals surface area contributed by atoms with E-state index in [4.69, 9.17) is 11.1 Å². The Labute approximate surface area is 117 Å². The summed E-state index contributed by atoms with van der Waals surface area (Å²) in [4.78, 5) is 14.4. The second-order valence-corrected chi connectivity index (χ2v) is 8.98. The Kier molecular flexibility index (Phi) is 4.85. The highest BCUT2D eigenvalue weighted by Crippen LogP contribution is 2.38. The molecular formula is C10H18N6O3S. The molecule has 0 aromatic heterocycles. The number of sulfone groups is 1. The third-order valence-corrected chi connectivity index (χ3v) is 5.23. The van der Waals surface area contributed by atoms with Crippen molar-refractivity contribution in [2.24, 2.45) is 15.6 Å². The van der Waals surface area contributed by atoms with E-state index in [1.807, 2.05) is 0 Å². The number of Topliss-reactive ketones (excluding diaryl/α,β-unsaturated/α-hetero) is 1. The summed E-state index contributed by atoms with van der Waals surface area (Å²) in [5, 5.41) is 6.15. The molecule has 0 rings (SSSR count). The molecule has 0 aliphatic rings. The van der Waals surface area contributed by atoms with Crippen LogP contribution in [0, 0.1) is 5.41 Å². The zero-order valence-electron chi connectivity index (χ0n) is 12.3. The first-order valence-corrected chi connectivity index (χ1v) is 7.18. The average molecular weight is 302 g/mol. The van der Waals surface area contributed by atoms with Crippen LogP contribution in [0.1, 0.15) is 41.5 Å². The standard InChI is InChI=1S/C10H18N6O3S/c1-8(2,3)7(17)10(13-15-11,14-16-12)20(18,19)9(4,5)6/h1-6H3. The maximum Gasteiger partial charge on any atom is 0.286 e. The zero-order valence-corrected chi connectivity index (χ0v) is 13.1. The molecule has 0 atom stereocenters. The predicted octanol–water partition coefficient (Wildman–Crippen LogP) is 3.09. The highest BCUT2D eigenvalue weighted by atomic mass is 32.2.